The molecule has 1 spiro atoms. The van der Waals surface area contributed by atoms with Crippen LogP contribution in [-0.4, -0.2) is 79.7 Å². The Labute approximate surface area is 162 Å². The Morgan fingerprint density at radius 2 is 1.52 bits per heavy atom. The van der Waals surface area contributed by atoms with Crippen LogP contribution in [0.1, 0.15) is 42.9 Å². The minimum atomic E-state index is -0.315. The number of aliphatic hydroxyl groups excluding tert-OH is 1. The zero-order valence-electron chi connectivity index (χ0n) is 16.2. The number of piperidine rings is 1. The number of morpholine rings is 1. The molecule has 4 aliphatic rings. The summed E-state index contributed by atoms with van der Waals surface area (Å²) in [5.74, 6) is 0. The van der Waals surface area contributed by atoms with Crippen LogP contribution in [-0.2, 0) is 14.9 Å². The standard InChI is InChI=1S/C22H32N2O3/c25-21-20(24-11-15-27-16-12-24)18-3-1-2-4-19(18)22(21)7-9-23(10-8-22)17-5-13-26-14-6-17/h1-4,17,20-21,25H,5-16H2/t20-,21+/m1/s1. The number of hydrogen-bond donors (Lipinski definition) is 1. The molecule has 5 rings (SSSR count). The van der Waals surface area contributed by atoms with Gasteiger partial charge in [0.2, 0.25) is 0 Å². The van der Waals surface area contributed by atoms with E-state index in [1.165, 1.54) is 11.1 Å². The molecule has 5 nitrogen and oxygen atoms in total. The van der Waals surface area contributed by atoms with Crippen molar-refractivity contribution in [3.63, 3.8) is 0 Å². The molecular formula is C22H32N2O3. The highest BCUT2D eigenvalue weighted by atomic mass is 16.5. The second-order valence-electron chi connectivity index (χ2n) is 8.66. The first-order valence-corrected chi connectivity index (χ1v) is 10.7. The largest absolute Gasteiger partial charge is 0.390 e. The van der Waals surface area contributed by atoms with Crippen molar-refractivity contribution in [3.05, 3.63) is 35.4 Å². The molecule has 0 aromatic heterocycles. The van der Waals surface area contributed by atoms with Gasteiger partial charge in [0.25, 0.3) is 0 Å². The van der Waals surface area contributed by atoms with Gasteiger partial charge in [-0.2, -0.15) is 0 Å². The van der Waals surface area contributed by atoms with Crippen molar-refractivity contribution in [1.82, 2.24) is 9.80 Å². The number of ether oxygens (including phenoxy) is 2. The summed E-state index contributed by atoms with van der Waals surface area (Å²) in [7, 11) is 0. The predicted octanol–water partition coefficient (Wildman–Crippen LogP) is 1.95. The summed E-state index contributed by atoms with van der Waals surface area (Å²) in [5, 5.41) is 11.6. The molecule has 0 bridgehead atoms. The summed E-state index contributed by atoms with van der Waals surface area (Å²) in [5.41, 5.74) is 2.67. The summed E-state index contributed by atoms with van der Waals surface area (Å²) < 4.78 is 11.1. The molecule has 0 saturated carbocycles. The van der Waals surface area contributed by atoms with Gasteiger partial charge in [-0.15, -0.1) is 0 Å². The van der Waals surface area contributed by atoms with E-state index < -0.39 is 0 Å². The van der Waals surface area contributed by atoms with Crippen molar-refractivity contribution in [2.24, 2.45) is 0 Å². The molecule has 0 unspecified atom stereocenters. The Morgan fingerprint density at radius 1 is 0.852 bits per heavy atom. The summed E-state index contributed by atoms with van der Waals surface area (Å²) in [6.07, 6.45) is 4.11. The Morgan fingerprint density at radius 3 is 2.26 bits per heavy atom. The molecule has 3 aliphatic heterocycles. The Bertz CT molecular complexity index is 647. The van der Waals surface area contributed by atoms with Crippen LogP contribution in [0.5, 0.6) is 0 Å². The minimum Gasteiger partial charge on any atom is -0.390 e. The molecule has 2 atom stereocenters. The van der Waals surface area contributed by atoms with E-state index in [1.54, 1.807) is 0 Å². The zero-order chi connectivity index (χ0) is 18.3. The monoisotopic (exact) mass is 372 g/mol. The predicted molar refractivity (Wildman–Crippen MR) is 104 cm³/mol. The van der Waals surface area contributed by atoms with Crippen molar-refractivity contribution >= 4 is 0 Å². The van der Waals surface area contributed by atoms with Crippen molar-refractivity contribution < 1.29 is 14.6 Å². The van der Waals surface area contributed by atoms with Gasteiger partial charge in [-0.3, -0.25) is 4.90 Å². The van der Waals surface area contributed by atoms with Crippen LogP contribution < -0.4 is 0 Å². The molecule has 3 fully saturated rings. The van der Waals surface area contributed by atoms with Crippen molar-refractivity contribution in [2.75, 3.05) is 52.6 Å². The van der Waals surface area contributed by atoms with Crippen LogP contribution in [0.3, 0.4) is 0 Å². The normalized spacial score (nSPS) is 32.6. The molecule has 1 aromatic carbocycles. The van der Waals surface area contributed by atoms with Gasteiger partial charge in [-0.25, -0.2) is 0 Å². The molecular weight excluding hydrogens is 340 g/mol. The lowest BCUT2D eigenvalue weighted by Gasteiger charge is -2.46. The van der Waals surface area contributed by atoms with Gasteiger partial charge in [-0.1, -0.05) is 24.3 Å². The summed E-state index contributed by atoms with van der Waals surface area (Å²) in [6, 6.07) is 9.61. The first-order valence-electron chi connectivity index (χ1n) is 10.7. The molecule has 27 heavy (non-hydrogen) atoms. The third-order valence-corrected chi connectivity index (χ3v) is 7.52. The lowest BCUT2D eigenvalue weighted by molar-refractivity contribution is -0.0555. The second kappa shape index (κ2) is 7.45. The minimum absolute atomic E-state index is 0.0821. The fourth-order valence-corrected chi connectivity index (χ4v) is 6.00. The lowest BCUT2D eigenvalue weighted by Crippen LogP contribution is -2.53. The van der Waals surface area contributed by atoms with Crippen LogP contribution in [0.2, 0.25) is 0 Å². The van der Waals surface area contributed by atoms with Gasteiger partial charge in [0, 0.05) is 37.8 Å². The van der Waals surface area contributed by atoms with Crippen molar-refractivity contribution in [1.29, 1.82) is 0 Å². The molecule has 3 saturated heterocycles. The lowest BCUT2D eigenvalue weighted by atomic mass is 9.71. The maximum Gasteiger partial charge on any atom is 0.0834 e. The Hall–Kier alpha value is -0.980. The van der Waals surface area contributed by atoms with E-state index in [0.29, 0.717) is 6.04 Å². The van der Waals surface area contributed by atoms with E-state index in [-0.39, 0.29) is 17.6 Å². The molecule has 1 aliphatic carbocycles. The van der Waals surface area contributed by atoms with Gasteiger partial charge >= 0.3 is 0 Å². The number of benzene rings is 1. The first kappa shape index (κ1) is 18.1. The van der Waals surface area contributed by atoms with Gasteiger partial charge in [0.15, 0.2) is 0 Å². The van der Waals surface area contributed by atoms with E-state index in [4.69, 9.17) is 9.47 Å². The highest BCUT2D eigenvalue weighted by molar-refractivity contribution is 5.45. The first-order chi connectivity index (χ1) is 13.3. The van der Waals surface area contributed by atoms with E-state index in [9.17, 15) is 5.11 Å². The maximum atomic E-state index is 11.6. The topological polar surface area (TPSA) is 45.2 Å². The molecule has 5 heteroatoms. The average Bonchev–Trinajstić information content (AvgIpc) is 2.98. The van der Waals surface area contributed by atoms with E-state index in [0.717, 1.165) is 78.3 Å². The number of hydrogen-bond acceptors (Lipinski definition) is 5. The van der Waals surface area contributed by atoms with Crippen molar-refractivity contribution in [3.8, 4) is 0 Å². The average molecular weight is 373 g/mol. The van der Waals surface area contributed by atoms with Gasteiger partial charge in [0.1, 0.15) is 0 Å². The van der Waals surface area contributed by atoms with Gasteiger partial charge < -0.3 is 19.5 Å². The second-order valence-corrected chi connectivity index (χ2v) is 8.66. The SMILES string of the molecule is O[C@H]1[C@H](N2CCOCC2)c2ccccc2C12CCN(C1CCOCC1)CC2. The Kier molecular flexibility index (Phi) is 4.99. The highest BCUT2D eigenvalue weighted by Crippen LogP contribution is 2.53. The zero-order valence-corrected chi connectivity index (χ0v) is 16.2. The smallest absolute Gasteiger partial charge is 0.0834 e. The maximum absolute atomic E-state index is 11.6. The highest BCUT2D eigenvalue weighted by Gasteiger charge is 2.54. The number of aliphatic hydroxyl groups is 1. The number of fused-ring (bicyclic) bond motifs is 2. The molecule has 3 heterocycles. The van der Waals surface area contributed by atoms with E-state index in [2.05, 4.69) is 34.1 Å². The van der Waals surface area contributed by atoms with Crippen LogP contribution in [0.15, 0.2) is 24.3 Å². The summed E-state index contributed by atoms with van der Waals surface area (Å²) in [6.45, 7) is 7.36. The fourth-order valence-electron chi connectivity index (χ4n) is 6.00. The molecule has 148 valence electrons. The van der Waals surface area contributed by atoms with Crippen LogP contribution >= 0.6 is 0 Å². The quantitative estimate of drug-likeness (QED) is 0.860. The fraction of sp³-hybridized carbons (Fsp3) is 0.727. The van der Waals surface area contributed by atoms with E-state index >= 15 is 0 Å². The Balaban J connectivity index is 1.39. The number of likely N-dealkylation sites (tertiary alicyclic amines) is 1. The number of rotatable bonds is 2. The molecule has 0 radical (unpaired) electrons. The van der Waals surface area contributed by atoms with Crippen LogP contribution in [0, 0.1) is 0 Å². The van der Waals surface area contributed by atoms with Gasteiger partial charge in [-0.05, 0) is 49.9 Å². The summed E-state index contributed by atoms with van der Waals surface area (Å²) >= 11 is 0. The molecule has 1 aromatic rings. The molecule has 1 N–H and O–H groups in total. The third kappa shape index (κ3) is 3.04. The van der Waals surface area contributed by atoms with Crippen LogP contribution in [0.4, 0.5) is 0 Å². The third-order valence-electron chi connectivity index (χ3n) is 7.52. The van der Waals surface area contributed by atoms with Gasteiger partial charge in [0.05, 0.1) is 25.4 Å². The number of nitrogens with zero attached hydrogens (tertiary/aromatic N) is 2. The van der Waals surface area contributed by atoms with Crippen LogP contribution in [0.25, 0.3) is 0 Å². The molecule has 0 amide bonds. The summed E-state index contributed by atoms with van der Waals surface area (Å²) in [4.78, 5) is 5.11. The van der Waals surface area contributed by atoms with Crippen molar-refractivity contribution in [2.45, 2.75) is 49.3 Å². The van der Waals surface area contributed by atoms with E-state index in [1.807, 2.05) is 0 Å².